The summed E-state index contributed by atoms with van der Waals surface area (Å²) in [4.78, 5) is 24.1. The number of amidine groups is 1. The number of hydrogen-bond donors (Lipinski definition) is 1. The predicted octanol–water partition coefficient (Wildman–Crippen LogP) is 5.53. The van der Waals surface area contributed by atoms with Crippen LogP contribution < -0.4 is 5.32 Å². The van der Waals surface area contributed by atoms with E-state index in [1.807, 2.05) is 37.3 Å². The number of rotatable bonds is 2. The van der Waals surface area contributed by atoms with E-state index in [0.717, 1.165) is 39.6 Å². The summed E-state index contributed by atoms with van der Waals surface area (Å²) in [5.41, 5.74) is 2.54. The third-order valence-corrected chi connectivity index (χ3v) is 5.13. The van der Waals surface area contributed by atoms with Gasteiger partial charge < -0.3 is 5.32 Å². The van der Waals surface area contributed by atoms with Crippen LogP contribution in [-0.4, -0.2) is 35.9 Å². The van der Waals surface area contributed by atoms with E-state index in [9.17, 15) is 18.0 Å². The molecule has 31 heavy (non-hydrogen) atoms. The molecular weight excluding hydrogens is 425 g/mol. The van der Waals surface area contributed by atoms with Crippen LogP contribution in [0.15, 0.2) is 74.7 Å². The maximum atomic E-state index is 12.2. The Balaban J connectivity index is 0.000000245. The molecule has 164 valence electrons. The summed E-state index contributed by atoms with van der Waals surface area (Å²) < 4.78 is 36.6. The van der Waals surface area contributed by atoms with Crippen molar-refractivity contribution in [3.05, 3.63) is 76.0 Å². The van der Waals surface area contributed by atoms with E-state index < -0.39 is 11.7 Å². The van der Waals surface area contributed by atoms with Crippen molar-refractivity contribution >= 4 is 28.5 Å². The smallest absolute Gasteiger partial charge is 0.300 e. The second-order valence-electron chi connectivity index (χ2n) is 6.27. The van der Waals surface area contributed by atoms with Crippen molar-refractivity contribution in [2.75, 3.05) is 14.1 Å². The molecule has 1 fully saturated rings. The Morgan fingerprint density at radius 3 is 2.52 bits per heavy atom. The normalized spacial score (nSPS) is 21.4. The minimum absolute atomic E-state index is 0.0886. The first-order chi connectivity index (χ1) is 14.7. The zero-order chi connectivity index (χ0) is 23.0. The molecule has 3 rings (SSSR count). The van der Waals surface area contributed by atoms with Gasteiger partial charge in [0.05, 0.1) is 21.9 Å². The average Bonchev–Trinajstić information content (AvgIpc) is 3.12. The number of carbonyl (C=O) groups excluding carboxylic acids is 1. The van der Waals surface area contributed by atoms with Crippen LogP contribution in [0.1, 0.15) is 25.1 Å². The number of carbonyl (C=O) groups is 1. The number of amides is 1. The minimum atomic E-state index is -4.28. The highest BCUT2D eigenvalue weighted by Crippen LogP contribution is 2.31. The van der Waals surface area contributed by atoms with Gasteiger partial charge in [-0.1, -0.05) is 19.1 Å². The first kappa shape index (κ1) is 24.3. The Bertz CT molecular complexity index is 1020. The van der Waals surface area contributed by atoms with E-state index in [0.29, 0.717) is 12.3 Å². The molecule has 1 aromatic heterocycles. The van der Waals surface area contributed by atoms with Gasteiger partial charge in [0.1, 0.15) is 5.84 Å². The number of halogens is 3. The summed E-state index contributed by atoms with van der Waals surface area (Å²) in [6.07, 6.45) is 7.37. The number of hydrogen-bond acceptors (Lipinski definition) is 5. The molecule has 9 heteroatoms. The Hall–Kier alpha value is -2.94. The largest absolute Gasteiger partial charge is 0.418 e. The van der Waals surface area contributed by atoms with Crippen molar-refractivity contribution < 1.29 is 18.0 Å². The average molecular weight is 449 g/mol. The van der Waals surface area contributed by atoms with Gasteiger partial charge in [-0.05, 0) is 66.6 Å². The fourth-order valence-corrected chi connectivity index (χ4v) is 3.60. The fourth-order valence-electron chi connectivity index (χ4n) is 2.82. The predicted molar refractivity (Wildman–Crippen MR) is 121 cm³/mol. The van der Waals surface area contributed by atoms with Gasteiger partial charge in [-0.15, -0.1) is 0 Å². The van der Waals surface area contributed by atoms with Gasteiger partial charge >= 0.3 is 6.18 Å². The lowest BCUT2D eigenvalue weighted by atomic mass is 9.99. The lowest BCUT2D eigenvalue weighted by Crippen LogP contribution is -2.18. The van der Waals surface area contributed by atoms with E-state index in [4.69, 9.17) is 0 Å². The Morgan fingerprint density at radius 2 is 1.97 bits per heavy atom. The lowest BCUT2D eigenvalue weighted by Gasteiger charge is -2.09. The van der Waals surface area contributed by atoms with Crippen LogP contribution in [0.2, 0.25) is 0 Å². The van der Waals surface area contributed by atoms with E-state index in [2.05, 4.69) is 20.3 Å². The molecule has 1 aromatic rings. The van der Waals surface area contributed by atoms with Crippen molar-refractivity contribution in [1.29, 1.82) is 0 Å². The van der Waals surface area contributed by atoms with Gasteiger partial charge in [0.25, 0.3) is 5.24 Å². The number of nitrogens with one attached hydrogen (secondary N) is 1. The number of thioether (sulfide) groups is 1. The quantitative estimate of drug-likeness (QED) is 0.647. The molecule has 0 spiro atoms. The van der Waals surface area contributed by atoms with Gasteiger partial charge in [0.2, 0.25) is 0 Å². The molecular formula is C22H23F3N4OS. The Morgan fingerprint density at radius 1 is 1.23 bits per heavy atom. The standard InChI is InChI=1S/C14H15N3OS.C8H8F3N/c1-4-10-7-9(5-6-11(10)15-2)8-12-13(16-3)17-14(18)19-12;1-2-7-6(8(9,10)11)4-3-5-12-7/h4-8H,1-3H3,(H,16,17,18);3-5H,2H2,1H3/b10-4-,12-8-,15-11?;. The van der Waals surface area contributed by atoms with Crippen molar-refractivity contribution in [3.63, 3.8) is 0 Å². The summed E-state index contributed by atoms with van der Waals surface area (Å²) >= 11 is 1.16. The van der Waals surface area contributed by atoms with Crippen LogP contribution in [0.5, 0.6) is 0 Å². The fraction of sp³-hybridized carbons (Fsp3) is 0.273. The zero-order valence-electron chi connectivity index (χ0n) is 17.6. The number of aryl methyl sites for hydroxylation is 1. The third-order valence-electron chi connectivity index (χ3n) is 4.31. The minimum Gasteiger partial charge on any atom is -0.300 e. The third kappa shape index (κ3) is 6.52. The molecule has 1 N–H and O–H groups in total. The summed E-state index contributed by atoms with van der Waals surface area (Å²) in [6, 6.07) is 2.34. The van der Waals surface area contributed by atoms with E-state index >= 15 is 0 Å². The summed E-state index contributed by atoms with van der Waals surface area (Å²) in [5, 5.41) is 2.62. The molecule has 1 saturated heterocycles. The molecule has 5 nitrogen and oxygen atoms in total. The molecule has 1 aliphatic carbocycles. The van der Waals surface area contributed by atoms with Crippen LogP contribution in [0.3, 0.4) is 0 Å². The number of allylic oxidation sites excluding steroid dienone is 7. The second kappa shape index (κ2) is 10.9. The van der Waals surface area contributed by atoms with Crippen LogP contribution in [0.25, 0.3) is 0 Å². The zero-order valence-corrected chi connectivity index (χ0v) is 18.4. The number of alkyl halides is 3. The molecule has 0 radical (unpaired) electrons. The highest BCUT2D eigenvalue weighted by atomic mass is 32.2. The van der Waals surface area contributed by atoms with Crippen molar-refractivity contribution in [2.24, 2.45) is 9.98 Å². The molecule has 2 aliphatic rings. The highest BCUT2D eigenvalue weighted by Gasteiger charge is 2.33. The van der Waals surface area contributed by atoms with Crippen molar-refractivity contribution in [1.82, 2.24) is 10.3 Å². The molecule has 1 aliphatic heterocycles. The van der Waals surface area contributed by atoms with Gasteiger partial charge in [0, 0.05) is 20.3 Å². The number of aliphatic imine (C=N–C) groups is 2. The topological polar surface area (TPSA) is 66.7 Å². The van der Waals surface area contributed by atoms with E-state index in [1.165, 1.54) is 12.3 Å². The maximum absolute atomic E-state index is 12.2. The van der Waals surface area contributed by atoms with Crippen LogP contribution in [0, 0.1) is 0 Å². The lowest BCUT2D eigenvalue weighted by molar-refractivity contribution is -0.138. The van der Waals surface area contributed by atoms with Crippen LogP contribution >= 0.6 is 11.8 Å². The second-order valence-corrected chi connectivity index (χ2v) is 7.29. The number of nitrogens with zero attached hydrogens (tertiary/aromatic N) is 3. The molecule has 0 saturated carbocycles. The van der Waals surface area contributed by atoms with Gasteiger partial charge in [-0.3, -0.25) is 19.8 Å². The van der Waals surface area contributed by atoms with E-state index in [-0.39, 0.29) is 10.9 Å². The number of aromatic nitrogens is 1. The van der Waals surface area contributed by atoms with Gasteiger partial charge in [0.15, 0.2) is 0 Å². The summed E-state index contributed by atoms with van der Waals surface area (Å²) in [5.74, 6) is 0.626. The maximum Gasteiger partial charge on any atom is 0.418 e. The Labute approximate surface area is 183 Å². The van der Waals surface area contributed by atoms with Crippen LogP contribution in [-0.2, 0) is 12.6 Å². The molecule has 2 heterocycles. The molecule has 1 amide bonds. The summed E-state index contributed by atoms with van der Waals surface area (Å²) in [7, 11) is 3.44. The first-order valence-electron chi connectivity index (χ1n) is 9.45. The summed E-state index contributed by atoms with van der Waals surface area (Å²) in [6.45, 7) is 3.63. The first-order valence-corrected chi connectivity index (χ1v) is 10.3. The molecule has 0 aromatic carbocycles. The SMILES string of the molecule is C/C=C1C=C(/C=C2\SC(=O)NC2=NC)C=CC/1=NC.CCc1ncccc1C(F)(F)F. The van der Waals surface area contributed by atoms with Gasteiger partial charge in [-0.25, -0.2) is 0 Å². The number of pyridine rings is 1. The van der Waals surface area contributed by atoms with E-state index in [1.54, 1.807) is 21.0 Å². The molecule has 0 bridgehead atoms. The highest BCUT2D eigenvalue weighted by molar-refractivity contribution is 8.18. The van der Waals surface area contributed by atoms with Gasteiger partial charge in [-0.2, -0.15) is 13.2 Å². The molecule has 0 atom stereocenters. The Kier molecular flexibility index (Phi) is 8.56. The molecule has 0 unspecified atom stereocenters. The monoisotopic (exact) mass is 448 g/mol. The van der Waals surface area contributed by atoms with Crippen LogP contribution in [0.4, 0.5) is 18.0 Å². The van der Waals surface area contributed by atoms with Crippen molar-refractivity contribution in [3.8, 4) is 0 Å². The van der Waals surface area contributed by atoms with Crippen molar-refractivity contribution in [2.45, 2.75) is 26.4 Å².